The molecule has 0 aliphatic rings. The van der Waals surface area contributed by atoms with Crippen molar-refractivity contribution < 1.29 is 0 Å². The van der Waals surface area contributed by atoms with E-state index in [2.05, 4.69) is 32.0 Å². The third-order valence-electron chi connectivity index (χ3n) is 4.13. The van der Waals surface area contributed by atoms with Crippen molar-refractivity contribution in [2.24, 2.45) is 5.73 Å². The van der Waals surface area contributed by atoms with E-state index in [9.17, 15) is 4.79 Å². The van der Waals surface area contributed by atoms with Crippen molar-refractivity contribution >= 4 is 0 Å². The lowest BCUT2D eigenvalue weighted by molar-refractivity contribution is 0.517. The zero-order valence-corrected chi connectivity index (χ0v) is 14.4. The molecule has 0 radical (unpaired) electrons. The molecule has 0 spiro atoms. The van der Waals surface area contributed by atoms with Crippen molar-refractivity contribution in [3.63, 3.8) is 0 Å². The molecule has 3 nitrogen and oxygen atoms in total. The van der Waals surface area contributed by atoms with E-state index in [1.54, 1.807) is 0 Å². The second-order valence-electron chi connectivity index (χ2n) is 6.92. The van der Waals surface area contributed by atoms with Crippen molar-refractivity contribution in [1.82, 2.24) is 4.57 Å². The summed E-state index contributed by atoms with van der Waals surface area (Å²) in [7, 11) is 0. The van der Waals surface area contributed by atoms with Gasteiger partial charge in [-0.25, -0.2) is 0 Å². The standard InChI is InChI=1S/C19H26N2O/c1-12(2)21-17(15-8-7-13(3)14(4)11-15)10-9-16(18(21)22)19(5,6)20/h7-12H,20H2,1-6H3. The van der Waals surface area contributed by atoms with Crippen LogP contribution >= 0.6 is 0 Å². The molecule has 1 aromatic carbocycles. The lowest BCUT2D eigenvalue weighted by atomic mass is 9.95. The van der Waals surface area contributed by atoms with Crippen LogP contribution in [0.4, 0.5) is 0 Å². The monoisotopic (exact) mass is 298 g/mol. The summed E-state index contributed by atoms with van der Waals surface area (Å²) in [6, 6.07) is 10.3. The first kappa shape index (κ1) is 16.5. The highest BCUT2D eigenvalue weighted by Crippen LogP contribution is 2.25. The van der Waals surface area contributed by atoms with Crippen molar-refractivity contribution in [1.29, 1.82) is 0 Å². The number of hydrogen-bond acceptors (Lipinski definition) is 2. The lowest BCUT2D eigenvalue weighted by Gasteiger charge is -2.24. The third kappa shape index (κ3) is 3.00. The fourth-order valence-corrected chi connectivity index (χ4v) is 2.69. The van der Waals surface area contributed by atoms with Crippen LogP contribution in [-0.2, 0) is 5.54 Å². The van der Waals surface area contributed by atoms with Crippen molar-refractivity contribution in [3.05, 3.63) is 57.4 Å². The largest absolute Gasteiger partial charge is 0.322 e. The molecule has 0 bridgehead atoms. The minimum absolute atomic E-state index is 0.00164. The van der Waals surface area contributed by atoms with E-state index in [1.165, 1.54) is 11.1 Å². The number of nitrogens with zero attached hydrogens (tertiary/aromatic N) is 1. The second-order valence-corrected chi connectivity index (χ2v) is 6.92. The summed E-state index contributed by atoms with van der Waals surface area (Å²) in [6.45, 7) is 12.0. The molecule has 3 heteroatoms. The van der Waals surface area contributed by atoms with Gasteiger partial charge in [-0.1, -0.05) is 12.1 Å². The van der Waals surface area contributed by atoms with E-state index in [1.807, 2.05) is 44.4 Å². The highest BCUT2D eigenvalue weighted by atomic mass is 16.1. The van der Waals surface area contributed by atoms with Crippen LogP contribution in [0.1, 0.15) is 50.4 Å². The van der Waals surface area contributed by atoms with Gasteiger partial charge in [-0.2, -0.15) is 0 Å². The van der Waals surface area contributed by atoms with Crippen LogP contribution in [0.5, 0.6) is 0 Å². The SMILES string of the molecule is Cc1ccc(-c2ccc(C(C)(C)N)c(=O)n2C(C)C)cc1C. The summed E-state index contributed by atoms with van der Waals surface area (Å²) in [5, 5.41) is 0. The molecule has 2 N–H and O–H groups in total. The molecule has 22 heavy (non-hydrogen) atoms. The Hall–Kier alpha value is -1.87. The Morgan fingerprint density at radius 3 is 2.18 bits per heavy atom. The Bertz CT molecular complexity index is 749. The average Bonchev–Trinajstić information content (AvgIpc) is 2.39. The van der Waals surface area contributed by atoms with Gasteiger partial charge in [0.05, 0.1) is 5.69 Å². The summed E-state index contributed by atoms with van der Waals surface area (Å²) >= 11 is 0. The normalized spacial score (nSPS) is 12.0. The van der Waals surface area contributed by atoms with Crippen LogP contribution in [-0.4, -0.2) is 4.57 Å². The van der Waals surface area contributed by atoms with Crippen LogP contribution in [0, 0.1) is 13.8 Å². The first-order chi connectivity index (χ1) is 10.1. The number of pyridine rings is 1. The molecule has 0 aliphatic carbocycles. The quantitative estimate of drug-likeness (QED) is 0.934. The summed E-state index contributed by atoms with van der Waals surface area (Å²) in [4.78, 5) is 12.9. The van der Waals surface area contributed by atoms with Crippen LogP contribution in [0.2, 0.25) is 0 Å². The molecule has 1 aromatic heterocycles. The summed E-state index contributed by atoms with van der Waals surface area (Å²) in [5.74, 6) is 0. The second kappa shape index (κ2) is 5.73. The predicted molar refractivity (Wildman–Crippen MR) is 93.2 cm³/mol. The Morgan fingerprint density at radius 1 is 1.05 bits per heavy atom. The maximum atomic E-state index is 12.9. The van der Waals surface area contributed by atoms with Gasteiger partial charge in [-0.15, -0.1) is 0 Å². The van der Waals surface area contributed by atoms with Crippen LogP contribution in [0.25, 0.3) is 11.3 Å². The Kier molecular flexibility index (Phi) is 4.30. The summed E-state index contributed by atoms with van der Waals surface area (Å²) in [5.41, 5.74) is 10.6. The number of nitrogens with two attached hydrogens (primary N) is 1. The zero-order valence-electron chi connectivity index (χ0n) is 14.4. The minimum Gasteiger partial charge on any atom is -0.322 e. The van der Waals surface area contributed by atoms with Crippen molar-refractivity contribution in [3.8, 4) is 11.3 Å². The highest BCUT2D eigenvalue weighted by molar-refractivity contribution is 5.62. The van der Waals surface area contributed by atoms with E-state index in [4.69, 9.17) is 5.73 Å². The van der Waals surface area contributed by atoms with Crippen LogP contribution in [0.15, 0.2) is 35.1 Å². The topological polar surface area (TPSA) is 48.0 Å². The molecule has 1 heterocycles. The predicted octanol–water partition coefficient (Wildman–Crippen LogP) is 3.91. The molecule has 0 fully saturated rings. The maximum Gasteiger partial charge on any atom is 0.256 e. The molecule has 0 saturated carbocycles. The molecule has 0 unspecified atom stereocenters. The molecule has 2 rings (SSSR count). The molecule has 0 amide bonds. The van der Waals surface area contributed by atoms with Crippen LogP contribution < -0.4 is 11.3 Å². The Morgan fingerprint density at radius 2 is 1.68 bits per heavy atom. The van der Waals surface area contributed by atoms with Gasteiger partial charge < -0.3 is 10.3 Å². The average molecular weight is 298 g/mol. The third-order valence-corrected chi connectivity index (χ3v) is 4.13. The van der Waals surface area contributed by atoms with Crippen molar-refractivity contribution in [2.75, 3.05) is 0 Å². The van der Waals surface area contributed by atoms with E-state index in [0.717, 1.165) is 11.3 Å². The first-order valence-electron chi connectivity index (χ1n) is 7.75. The molecule has 0 aliphatic heterocycles. The molecule has 118 valence electrons. The molecule has 0 saturated heterocycles. The highest BCUT2D eigenvalue weighted by Gasteiger charge is 2.22. The van der Waals surface area contributed by atoms with Gasteiger partial charge in [0, 0.05) is 17.1 Å². The maximum absolute atomic E-state index is 12.9. The number of benzene rings is 1. The van der Waals surface area contributed by atoms with Gasteiger partial charge in [-0.05, 0) is 76.4 Å². The lowest BCUT2D eigenvalue weighted by Crippen LogP contribution is -2.38. The van der Waals surface area contributed by atoms with Gasteiger partial charge in [-0.3, -0.25) is 4.79 Å². The van der Waals surface area contributed by atoms with Gasteiger partial charge in [0.2, 0.25) is 0 Å². The molecular formula is C19H26N2O. The van der Waals surface area contributed by atoms with E-state index in [-0.39, 0.29) is 11.6 Å². The van der Waals surface area contributed by atoms with E-state index < -0.39 is 5.54 Å². The first-order valence-corrected chi connectivity index (χ1v) is 7.75. The Labute approximate surface area is 132 Å². The fraction of sp³-hybridized carbons (Fsp3) is 0.421. The summed E-state index contributed by atoms with van der Waals surface area (Å²) < 4.78 is 1.84. The number of hydrogen-bond donors (Lipinski definition) is 1. The zero-order chi connectivity index (χ0) is 16.7. The number of aromatic nitrogens is 1. The van der Waals surface area contributed by atoms with Crippen LogP contribution in [0.3, 0.4) is 0 Å². The minimum atomic E-state index is -0.643. The molecule has 0 atom stereocenters. The van der Waals surface area contributed by atoms with Gasteiger partial charge in [0.15, 0.2) is 0 Å². The molecular weight excluding hydrogens is 272 g/mol. The smallest absolute Gasteiger partial charge is 0.256 e. The number of rotatable bonds is 3. The van der Waals surface area contributed by atoms with Gasteiger partial charge in [0.25, 0.3) is 5.56 Å². The van der Waals surface area contributed by atoms with E-state index >= 15 is 0 Å². The van der Waals surface area contributed by atoms with E-state index in [0.29, 0.717) is 5.56 Å². The van der Waals surface area contributed by atoms with Gasteiger partial charge in [0.1, 0.15) is 0 Å². The number of aryl methyl sites for hydroxylation is 2. The fourth-order valence-electron chi connectivity index (χ4n) is 2.69. The van der Waals surface area contributed by atoms with Gasteiger partial charge >= 0.3 is 0 Å². The summed E-state index contributed by atoms with van der Waals surface area (Å²) in [6.07, 6.45) is 0. The Balaban J connectivity index is 2.74. The van der Waals surface area contributed by atoms with Crippen molar-refractivity contribution in [2.45, 2.75) is 53.1 Å². The molecule has 2 aromatic rings.